The van der Waals surface area contributed by atoms with E-state index in [0.29, 0.717) is 12.8 Å². The van der Waals surface area contributed by atoms with Crippen LogP contribution in [0.15, 0.2) is 0 Å². The van der Waals surface area contributed by atoms with E-state index in [2.05, 4.69) is 0 Å². The van der Waals surface area contributed by atoms with Crippen LogP contribution in [0.25, 0.3) is 0 Å². The molecule has 0 aromatic heterocycles. The van der Waals surface area contributed by atoms with E-state index >= 15 is 0 Å². The van der Waals surface area contributed by atoms with Crippen molar-refractivity contribution in [3.63, 3.8) is 0 Å². The minimum Gasteiger partial charge on any atom is -0.481 e. The first-order valence-corrected chi connectivity index (χ1v) is 6.49. The SMILES string of the molecule is CC1C(=O)N(C2(CC(=O)O)CCCC2)C(=O)C1C. The van der Waals surface area contributed by atoms with Gasteiger partial charge in [0.25, 0.3) is 0 Å². The molecule has 2 atom stereocenters. The van der Waals surface area contributed by atoms with E-state index in [-0.39, 0.29) is 30.1 Å². The van der Waals surface area contributed by atoms with Crippen LogP contribution in [0.3, 0.4) is 0 Å². The zero-order chi connectivity index (χ0) is 13.5. The van der Waals surface area contributed by atoms with Gasteiger partial charge in [-0.3, -0.25) is 19.3 Å². The molecule has 0 aromatic rings. The summed E-state index contributed by atoms with van der Waals surface area (Å²) in [6.45, 7) is 3.49. The Balaban J connectivity index is 2.35. The standard InChI is InChI=1S/C13H19NO4/c1-8-9(2)12(18)14(11(8)17)13(7-10(15)16)5-3-4-6-13/h8-9H,3-7H2,1-2H3,(H,15,16). The zero-order valence-corrected chi connectivity index (χ0v) is 10.8. The molecule has 100 valence electrons. The Morgan fingerprint density at radius 1 is 1.22 bits per heavy atom. The molecule has 2 fully saturated rings. The highest BCUT2D eigenvalue weighted by molar-refractivity contribution is 6.05. The minimum absolute atomic E-state index is 0.121. The topological polar surface area (TPSA) is 74.7 Å². The number of likely N-dealkylation sites (tertiary alicyclic amines) is 1. The number of rotatable bonds is 3. The Labute approximate surface area is 106 Å². The maximum atomic E-state index is 12.2. The third-order valence-corrected chi connectivity index (χ3v) is 4.46. The molecule has 1 aliphatic carbocycles. The molecule has 1 N–H and O–H groups in total. The average molecular weight is 253 g/mol. The van der Waals surface area contributed by atoms with Crippen LogP contribution in [0.4, 0.5) is 0 Å². The third-order valence-electron chi connectivity index (χ3n) is 4.46. The van der Waals surface area contributed by atoms with Crippen LogP contribution < -0.4 is 0 Å². The van der Waals surface area contributed by atoms with Crippen LogP contribution in [0.5, 0.6) is 0 Å². The molecule has 2 unspecified atom stereocenters. The van der Waals surface area contributed by atoms with Gasteiger partial charge in [0.15, 0.2) is 0 Å². The number of carboxylic acids is 1. The molecule has 1 saturated carbocycles. The summed E-state index contributed by atoms with van der Waals surface area (Å²) < 4.78 is 0. The second-order valence-electron chi connectivity index (χ2n) is 5.59. The first kappa shape index (κ1) is 13.1. The van der Waals surface area contributed by atoms with E-state index in [1.165, 1.54) is 4.90 Å². The fourth-order valence-corrected chi connectivity index (χ4v) is 3.21. The van der Waals surface area contributed by atoms with Crippen molar-refractivity contribution in [2.45, 2.75) is 51.5 Å². The largest absolute Gasteiger partial charge is 0.481 e. The number of imide groups is 1. The Morgan fingerprint density at radius 2 is 1.67 bits per heavy atom. The summed E-state index contributed by atoms with van der Waals surface area (Å²) in [6.07, 6.45) is 2.89. The molecule has 0 spiro atoms. The Morgan fingerprint density at radius 3 is 2.06 bits per heavy atom. The van der Waals surface area contributed by atoms with Gasteiger partial charge in [-0.2, -0.15) is 0 Å². The van der Waals surface area contributed by atoms with Crippen molar-refractivity contribution in [2.75, 3.05) is 0 Å². The van der Waals surface area contributed by atoms with Crippen LogP contribution >= 0.6 is 0 Å². The molecule has 1 saturated heterocycles. The van der Waals surface area contributed by atoms with E-state index in [9.17, 15) is 14.4 Å². The average Bonchev–Trinajstić information content (AvgIpc) is 2.81. The van der Waals surface area contributed by atoms with E-state index < -0.39 is 11.5 Å². The number of hydrogen-bond donors (Lipinski definition) is 1. The number of carbonyl (C=O) groups excluding carboxylic acids is 2. The second kappa shape index (κ2) is 4.37. The fourth-order valence-electron chi connectivity index (χ4n) is 3.21. The quantitative estimate of drug-likeness (QED) is 0.772. The molecule has 0 radical (unpaired) electrons. The lowest BCUT2D eigenvalue weighted by atomic mass is 9.91. The monoisotopic (exact) mass is 253 g/mol. The van der Waals surface area contributed by atoms with Gasteiger partial charge in [0.2, 0.25) is 11.8 Å². The molecule has 0 aromatic carbocycles. The van der Waals surface area contributed by atoms with Crippen LogP contribution in [0.2, 0.25) is 0 Å². The number of hydrogen-bond acceptors (Lipinski definition) is 3. The molecule has 2 amide bonds. The van der Waals surface area contributed by atoms with E-state index in [4.69, 9.17) is 5.11 Å². The maximum absolute atomic E-state index is 12.2. The molecule has 2 aliphatic rings. The van der Waals surface area contributed by atoms with Crippen molar-refractivity contribution in [3.05, 3.63) is 0 Å². The van der Waals surface area contributed by atoms with Crippen molar-refractivity contribution in [2.24, 2.45) is 11.8 Å². The highest BCUT2D eigenvalue weighted by Crippen LogP contribution is 2.43. The smallest absolute Gasteiger partial charge is 0.305 e. The Bertz CT molecular complexity index is 378. The van der Waals surface area contributed by atoms with E-state index in [1.807, 2.05) is 0 Å². The van der Waals surface area contributed by atoms with Gasteiger partial charge >= 0.3 is 5.97 Å². The van der Waals surface area contributed by atoms with Crippen LogP contribution in [-0.2, 0) is 14.4 Å². The van der Waals surface area contributed by atoms with E-state index in [1.54, 1.807) is 13.8 Å². The zero-order valence-electron chi connectivity index (χ0n) is 10.8. The van der Waals surface area contributed by atoms with Crippen molar-refractivity contribution in [3.8, 4) is 0 Å². The van der Waals surface area contributed by atoms with Crippen molar-refractivity contribution in [1.82, 2.24) is 4.90 Å². The van der Waals surface area contributed by atoms with Gasteiger partial charge < -0.3 is 5.11 Å². The van der Waals surface area contributed by atoms with Gasteiger partial charge in [-0.15, -0.1) is 0 Å². The van der Waals surface area contributed by atoms with E-state index in [0.717, 1.165) is 12.8 Å². The molecule has 1 aliphatic heterocycles. The second-order valence-corrected chi connectivity index (χ2v) is 5.59. The van der Waals surface area contributed by atoms with Crippen LogP contribution in [-0.4, -0.2) is 33.3 Å². The molecule has 18 heavy (non-hydrogen) atoms. The maximum Gasteiger partial charge on any atom is 0.305 e. The number of carboxylic acid groups (broad SMARTS) is 1. The molecule has 5 nitrogen and oxygen atoms in total. The van der Waals surface area contributed by atoms with Gasteiger partial charge in [0.1, 0.15) is 0 Å². The summed E-state index contributed by atoms with van der Waals surface area (Å²) in [7, 11) is 0. The minimum atomic E-state index is -0.940. The fraction of sp³-hybridized carbons (Fsp3) is 0.769. The third kappa shape index (κ3) is 1.82. The van der Waals surface area contributed by atoms with Gasteiger partial charge in [0.05, 0.1) is 12.0 Å². The molecule has 2 rings (SSSR count). The number of aliphatic carboxylic acids is 1. The first-order chi connectivity index (χ1) is 8.39. The summed E-state index contributed by atoms with van der Waals surface area (Å²) in [5.74, 6) is -2.00. The van der Waals surface area contributed by atoms with Gasteiger partial charge in [0, 0.05) is 11.8 Å². The molecule has 1 heterocycles. The molecular formula is C13H19NO4. The predicted molar refractivity (Wildman–Crippen MR) is 63.6 cm³/mol. The van der Waals surface area contributed by atoms with Crippen molar-refractivity contribution < 1.29 is 19.5 Å². The summed E-state index contributed by atoms with van der Waals surface area (Å²) in [6, 6.07) is 0. The molecular weight excluding hydrogens is 234 g/mol. The highest BCUT2D eigenvalue weighted by atomic mass is 16.4. The first-order valence-electron chi connectivity index (χ1n) is 6.49. The molecule has 0 bridgehead atoms. The summed E-state index contributed by atoms with van der Waals surface area (Å²) in [5, 5.41) is 9.05. The summed E-state index contributed by atoms with van der Waals surface area (Å²) in [5.41, 5.74) is -0.765. The predicted octanol–water partition coefficient (Wildman–Crippen LogP) is 1.41. The van der Waals surface area contributed by atoms with Crippen molar-refractivity contribution >= 4 is 17.8 Å². The lowest BCUT2D eigenvalue weighted by molar-refractivity contribution is -0.151. The number of amides is 2. The summed E-state index contributed by atoms with van der Waals surface area (Å²) >= 11 is 0. The van der Waals surface area contributed by atoms with Gasteiger partial charge in [-0.1, -0.05) is 26.7 Å². The Kier molecular flexibility index (Phi) is 3.17. The number of nitrogens with zero attached hydrogens (tertiary/aromatic N) is 1. The van der Waals surface area contributed by atoms with Crippen LogP contribution in [0, 0.1) is 11.8 Å². The van der Waals surface area contributed by atoms with Crippen molar-refractivity contribution in [1.29, 1.82) is 0 Å². The number of carbonyl (C=O) groups is 3. The van der Waals surface area contributed by atoms with Gasteiger partial charge in [-0.05, 0) is 12.8 Å². The normalized spacial score (nSPS) is 31.1. The van der Waals surface area contributed by atoms with Gasteiger partial charge in [-0.25, -0.2) is 0 Å². The lowest BCUT2D eigenvalue weighted by Crippen LogP contribution is -2.51. The van der Waals surface area contributed by atoms with Crippen LogP contribution in [0.1, 0.15) is 46.0 Å². The summed E-state index contributed by atoms with van der Waals surface area (Å²) in [4.78, 5) is 36.7. The molecule has 5 heteroatoms. The Hall–Kier alpha value is -1.39. The lowest BCUT2D eigenvalue weighted by Gasteiger charge is -2.36. The highest BCUT2D eigenvalue weighted by Gasteiger charge is 2.53.